The Bertz CT molecular complexity index is 848. The van der Waals surface area contributed by atoms with Gasteiger partial charge in [0.1, 0.15) is 11.6 Å². The lowest BCUT2D eigenvalue weighted by atomic mass is 10.1. The van der Waals surface area contributed by atoms with Crippen LogP contribution in [0.5, 0.6) is 5.75 Å². The molecular formula is C19H18FN3O2S. The molecule has 2 aromatic carbocycles. The first-order valence-electron chi connectivity index (χ1n) is 8.04. The van der Waals surface area contributed by atoms with Crippen molar-refractivity contribution in [3.05, 3.63) is 65.5 Å². The van der Waals surface area contributed by atoms with Gasteiger partial charge in [-0.2, -0.15) is 5.10 Å². The molecule has 1 N–H and O–H groups in total. The zero-order valence-electron chi connectivity index (χ0n) is 14.4. The van der Waals surface area contributed by atoms with Crippen molar-refractivity contribution < 1.29 is 13.9 Å². The quantitative estimate of drug-likeness (QED) is 0.647. The largest absolute Gasteiger partial charge is 0.497 e. The number of rotatable bonds is 5. The molecule has 0 aromatic heterocycles. The molecule has 1 aliphatic rings. The van der Waals surface area contributed by atoms with E-state index in [4.69, 9.17) is 4.74 Å². The summed E-state index contributed by atoms with van der Waals surface area (Å²) >= 11 is 1.35. The number of nitrogens with zero attached hydrogens (tertiary/aromatic N) is 2. The summed E-state index contributed by atoms with van der Waals surface area (Å²) in [6, 6.07) is 13.7. The van der Waals surface area contributed by atoms with Gasteiger partial charge >= 0.3 is 0 Å². The van der Waals surface area contributed by atoms with E-state index in [1.54, 1.807) is 26.2 Å². The third kappa shape index (κ3) is 4.49. The number of carbonyl (C=O) groups excluding carboxylic acids is 1. The number of methoxy groups -OCH3 is 1. The molecule has 1 saturated heterocycles. The monoisotopic (exact) mass is 371 g/mol. The molecule has 5 nitrogen and oxygen atoms in total. The number of amides is 1. The number of ether oxygens (including phenoxy) is 1. The van der Waals surface area contributed by atoms with Crippen molar-refractivity contribution in [1.29, 1.82) is 0 Å². The maximum absolute atomic E-state index is 13.0. The van der Waals surface area contributed by atoms with Gasteiger partial charge < -0.3 is 10.1 Å². The first kappa shape index (κ1) is 18.1. The molecular weight excluding hydrogens is 353 g/mol. The van der Waals surface area contributed by atoms with Gasteiger partial charge in [0.25, 0.3) is 0 Å². The minimum atomic E-state index is -0.298. The van der Waals surface area contributed by atoms with Crippen molar-refractivity contribution in [2.75, 3.05) is 7.11 Å². The molecule has 7 heteroatoms. The molecule has 1 heterocycles. The number of hydrogen-bond donors (Lipinski definition) is 1. The van der Waals surface area contributed by atoms with Crippen LogP contribution in [0.3, 0.4) is 0 Å². The van der Waals surface area contributed by atoms with Crippen molar-refractivity contribution in [3.8, 4) is 5.75 Å². The zero-order chi connectivity index (χ0) is 18.5. The Labute approximate surface area is 155 Å². The van der Waals surface area contributed by atoms with Crippen LogP contribution < -0.4 is 10.1 Å². The predicted octanol–water partition coefficient (Wildman–Crippen LogP) is 3.39. The minimum Gasteiger partial charge on any atom is -0.497 e. The van der Waals surface area contributed by atoms with Crippen LogP contribution in [0.4, 0.5) is 4.39 Å². The molecule has 134 valence electrons. The van der Waals surface area contributed by atoms with E-state index >= 15 is 0 Å². The maximum atomic E-state index is 13.0. The van der Waals surface area contributed by atoms with E-state index < -0.39 is 0 Å². The van der Waals surface area contributed by atoms with Crippen molar-refractivity contribution >= 4 is 28.5 Å². The lowest BCUT2D eigenvalue weighted by Crippen LogP contribution is -2.25. The molecule has 0 aliphatic carbocycles. The number of hydrogen-bond acceptors (Lipinski definition) is 5. The summed E-state index contributed by atoms with van der Waals surface area (Å²) in [7, 11) is 1.62. The number of amidine groups is 1. The van der Waals surface area contributed by atoms with Crippen molar-refractivity contribution in [3.63, 3.8) is 0 Å². The van der Waals surface area contributed by atoms with Gasteiger partial charge in [0.05, 0.1) is 18.1 Å². The number of thioether (sulfide) groups is 1. The normalized spacial score (nSPS) is 18.9. The Balaban J connectivity index is 1.65. The standard InChI is InChI=1S/C19H18FN3O2S/c1-12(14-5-7-15(20)8-6-14)22-23-19-21-18(24)17(26-19)11-13-3-9-16(25-2)10-4-13/h3-10,17H,11H2,1-2H3,(H,21,23,24)/t17-/m0/s1. The first-order chi connectivity index (χ1) is 12.5. The van der Waals surface area contributed by atoms with Crippen LogP contribution >= 0.6 is 11.8 Å². The van der Waals surface area contributed by atoms with Gasteiger partial charge in [-0.15, -0.1) is 5.10 Å². The molecule has 1 atom stereocenters. The molecule has 2 aromatic rings. The molecule has 0 spiro atoms. The Morgan fingerprint density at radius 1 is 1.19 bits per heavy atom. The Kier molecular flexibility index (Phi) is 5.68. The van der Waals surface area contributed by atoms with E-state index in [-0.39, 0.29) is 17.0 Å². The molecule has 0 bridgehead atoms. The summed E-state index contributed by atoms with van der Waals surface area (Å²) < 4.78 is 18.1. The highest BCUT2D eigenvalue weighted by molar-refractivity contribution is 8.15. The van der Waals surface area contributed by atoms with E-state index in [9.17, 15) is 9.18 Å². The fourth-order valence-corrected chi connectivity index (χ4v) is 3.39. The smallest absolute Gasteiger partial charge is 0.239 e. The third-order valence-corrected chi connectivity index (χ3v) is 4.98. The first-order valence-corrected chi connectivity index (χ1v) is 8.92. The fraction of sp³-hybridized carbons (Fsp3) is 0.211. The van der Waals surface area contributed by atoms with Crippen LogP contribution in [0.2, 0.25) is 0 Å². The molecule has 0 unspecified atom stereocenters. The van der Waals surface area contributed by atoms with Crippen LogP contribution in [0.15, 0.2) is 58.7 Å². The molecule has 1 aliphatic heterocycles. The molecule has 3 rings (SSSR count). The SMILES string of the molecule is COc1ccc(C[C@@H]2S/C(=N/N=C(C)c3ccc(F)cc3)NC2=O)cc1. The second-order valence-electron chi connectivity index (χ2n) is 5.75. The third-order valence-electron chi connectivity index (χ3n) is 3.91. The number of benzene rings is 2. The van der Waals surface area contributed by atoms with E-state index in [1.807, 2.05) is 24.3 Å². The molecule has 26 heavy (non-hydrogen) atoms. The molecule has 1 amide bonds. The topological polar surface area (TPSA) is 63.1 Å². The van der Waals surface area contributed by atoms with Gasteiger partial charge in [0.15, 0.2) is 5.17 Å². The highest BCUT2D eigenvalue weighted by atomic mass is 32.2. The summed E-state index contributed by atoms with van der Waals surface area (Å²) in [5.41, 5.74) is 2.47. The Morgan fingerprint density at radius 2 is 1.88 bits per heavy atom. The van der Waals surface area contributed by atoms with Gasteiger partial charge in [-0.3, -0.25) is 4.79 Å². The highest BCUT2D eigenvalue weighted by Gasteiger charge is 2.30. The average Bonchev–Trinajstić information content (AvgIpc) is 3.00. The summed E-state index contributed by atoms with van der Waals surface area (Å²) in [5, 5.41) is 11.2. The van der Waals surface area contributed by atoms with E-state index in [0.717, 1.165) is 16.9 Å². The van der Waals surface area contributed by atoms with Crippen LogP contribution in [-0.4, -0.2) is 29.1 Å². The number of carbonyl (C=O) groups is 1. The molecule has 0 saturated carbocycles. The summed E-state index contributed by atoms with van der Waals surface area (Å²) in [6.07, 6.45) is 0.597. The second kappa shape index (κ2) is 8.14. The lowest BCUT2D eigenvalue weighted by Gasteiger charge is -2.06. The maximum Gasteiger partial charge on any atom is 0.239 e. The molecule has 1 fully saturated rings. The van der Waals surface area contributed by atoms with Crippen LogP contribution in [-0.2, 0) is 11.2 Å². The zero-order valence-corrected chi connectivity index (χ0v) is 15.2. The van der Waals surface area contributed by atoms with E-state index in [1.165, 1.54) is 23.9 Å². The average molecular weight is 371 g/mol. The predicted molar refractivity (Wildman–Crippen MR) is 102 cm³/mol. The highest BCUT2D eigenvalue weighted by Crippen LogP contribution is 2.24. The van der Waals surface area contributed by atoms with Crippen LogP contribution in [0.25, 0.3) is 0 Å². The van der Waals surface area contributed by atoms with Crippen LogP contribution in [0, 0.1) is 5.82 Å². The van der Waals surface area contributed by atoms with Crippen molar-refractivity contribution in [1.82, 2.24) is 5.32 Å². The van der Waals surface area contributed by atoms with E-state index in [2.05, 4.69) is 15.5 Å². The van der Waals surface area contributed by atoms with Gasteiger partial charge in [0.2, 0.25) is 5.91 Å². The fourth-order valence-electron chi connectivity index (χ4n) is 2.43. The van der Waals surface area contributed by atoms with Crippen molar-refractivity contribution in [2.45, 2.75) is 18.6 Å². The van der Waals surface area contributed by atoms with Crippen molar-refractivity contribution in [2.24, 2.45) is 10.2 Å². The summed E-state index contributed by atoms with van der Waals surface area (Å²) in [6.45, 7) is 1.79. The number of nitrogens with one attached hydrogen (secondary N) is 1. The lowest BCUT2D eigenvalue weighted by molar-refractivity contribution is -0.118. The molecule has 0 radical (unpaired) electrons. The number of halogens is 1. The van der Waals surface area contributed by atoms with E-state index in [0.29, 0.717) is 17.3 Å². The summed E-state index contributed by atoms with van der Waals surface area (Å²) in [4.78, 5) is 12.1. The van der Waals surface area contributed by atoms with Crippen LogP contribution in [0.1, 0.15) is 18.1 Å². The van der Waals surface area contributed by atoms with Gasteiger partial charge in [-0.1, -0.05) is 36.0 Å². The van der Waals surface area contributed by atoms with Gasteiger partial charge in [0, 0.05) is 0 Å². The minimum absolute atomic E-state index is 0.0841. The second-order valence-corrected chi connectivity index (χ2v) is 6.94. The Hall–Kier alpha value is -2.67. The Morgan fingerprint density at radius 3 is 2.54 bits per heavy atom. The van der Waals surface area contributed by atoms with Gasteiger partial charge in [-0.05, 0) is 48.7 Å². The van der Waals surface area contributed by atoms with Gasteiger partial charge in [-0.25, -0.2) is 4.39 Å². The summed E-state index contributed by atoms with van der Waals surface area (Å²) in [5.74, 6) is 0.400.